The zero-order valence-electron chi connectivity index (χ0n) is 10.2. The van der Waals surface area contributed by atoms with Crippen molar-refractivity contribution in [3.05, 3.63) is 12.7 Å². The molecule has 0 spiro atoms. The molecule has 17 heavy (non-hydrogen) atoms. The van der Waals surface area contributed by atoms with Crippen LogP contribution in [0.3, 0.4) is 0 Å². The number of carbonyl (C=O) groups excluding carboxylic acids is 1. The molecule has 0 aliphatic carbocycles. The molecule has 1 amide bonds. The Kier molecular flexibility index (Phi) is 4.28. The molecular formula is C12H20N2O3. The van der Waals surface area contributed by atoms with Crippen LogP contribution in [-0.4, -0.2) is 41.0 Å². The summed E-state index contributed by atoms with van der Waals surface area (Å²) < 4.78 is 0. The molecule has 2 unspecified atom stereocenters. The van der Waals surface area contributed by atoms with Crippen molar-refractivity contribution >= 4 is 11.9 Å². The van der Waals surface area contributed by atoms with E-state index in [2.05, 4.69) is 6.58 Å². The summed E-state index contributed by atoms with van der Waals surface area (Å²) in [5, 5.41) is 9.15. The van der Waals surface area contributed by atoms with Crippen molar-refractivity contribution in [2.75, 3.05) is 13.1 Å². The maximum atomic E-state index is 12.0. The van der Waals surface area contributed by atoms with Gasteiger partial charge < -0.3 is 15.7 Å². The van der Waals surface area contributed by atoms with E-state index in [0.717, 1.165) is 0 Å². The van der Waals surface area contributed by atoms with E-state index in [1.54, 1.807) is 17.9 Å². The first kappa shape index (κ1) is 13.7. The van der Waals surface area contributed by atoms with E-state index in [9.17, 15) is 9.59 Å². The van der Waals surface area contributed by atoms with Crippen LogP contribution in [0.1, 0.15) is 26.2 Å². The van der Waals surface area contributed by atoms with Gasteiger partial charge in [-0.2, -0.15) is 0 Å². The first-order valence-electron chi connectivity index (χ1n) is 5.79. The molecule has 0 aromatic rings. The van der Waals surface area contributed by atoms with Gasteiger partial charge in [0.25, 0.3) is 0 Å². The van der Waals surface area contributed by atoms with Gasteiger partial charge in [-0.25, -0.2) is 0 Å². The van der Waals surface area contributed by atoms with Gasteiger partial charge in [0, 0.05) is 13.1 Å². The maximum Gasteiger partial charge on any atom is 0.311 e. The van der Waals surface area contributed by atoms with E-state index in [-0.39, 0.29) is 12.5 Å². The first-order chi connectivity index (χ1) is 7.90. The van der Waals surface area contributed by atoms with E-state index in [1.165, 1.54) is 0 Å². The minimum Gasteiger partial charge on any atom is -0.481 e. The summed E-state index contributed by atoms with van der Waals surface area (Å²) in [4.78, 5) is 24.7. The molecule has 1 saturated heterocycles. The normalized spacial score (nSPS) is 26.4. The Morgan fingerprint density at radius 2 is 2.29 bits per heavy atom. The highest BCUT2D eigenvalue weighted by Crippen LogP contribution is 2.29. The second kappa shape index (κ2) is 5.31. The Balaban J connectivity index is 2.69. The molecule has 1 aliphatic rings. The van der Waals surface area contributed by atoms with Gasteiger partial charge in [0.05, 0.1) is 11.5 Å². The van der Waals surface area contributed by atoms with Crippen LogP contribution in [0, 0.1) is 5.41 Å². The number of amides is 1. The molecule has 0 bridgehead atoms. The van der Waals surface area contributed by atoms with Crippen molar-refractivity contribution in [2.45, 2.75) is 32.2 Å². The van der Waals surface area contributed by atoms with Crippen LogP contribution in [0.2, 0.25) is 0 Å². The number of piperidine rings is 1. The molecule has 0 saturated carbocycles. The number of nitrogens with two attached hydrogens (primary N) is 1. The van der Waals surface area contributed by atoms with Gasteiger partial charge in [0.1, 0.15) is 0 Å². The lowest BCUT2D eigenvalue weighted by molar-refractivity contribution is -0.153. The minimum atomic E-state index is -0.854. The van der Waals surface area contributed by atoms with E-state index >= 15 is 0 Å². The standard InChI is InChI=1S/C12H20N2O3/c1-3-5-9(13)10(15)14-7-4-6-12(2,8-14)11(16)17/h3,9H,1,4-8,13H2,2H3,(H,16,17). The molecule has 5 heteroatoms. The van der Waals surface area contributed by atoms with Crippen LogP contribution < -0.4 is 5.73 Å². The fourth-order valence-electron chi connectivity index (χ4n) is 2.12. The first-order valence-corrected chi connectivity index (χ1v) is 5.79. The quantitative estimate of drug-likeness (QED) is 0.705. The van der Waals surface area contributed by atoms with E-state index < -0.39 is 17.4 Å². The molecule has 0 aromatic carbocycles. The van der Waals surface area contributed by atoms with E-state index in [0.29, 0.717) is 25.8 Å². The molecule has 1 aliphatic heterocycles. The summed E-state index contributed by atoms with van der Waals surface area (Å²) in [5.41, 5.74) is 4.87. The van der Waals surface area contributed by atoms with E-state index in [4.69, 9.17) is 10.8 Å². The minimum absolute atomic E-state index is 0.183. The molecule has 1 rings (SSSR count). The predicted octanol–water partition coefficient (Wildman–Crippen LogP) is 0.603. The molecule has 0 aromatic heterocycles. The highest BCUT2D eigenvalue weighted by molar-refractivity contribution is 5.83. The third-order valence-electron chi connectivity index (χ3n) is 3.26. The number of hydrogen-bond acceptors (Lipinski definition) is 3. The fourth-order valence-corrected chi connectivity index (χ4v) is 2.12. The largest absolute Gasteiger partial charge is 0.481 e. The van der Waals surface area contributed by atoms with Gasteiger partial charge in [-0.3, -0.25) is 9.59 Å². The number of rotatable bonds is 4. The summed E-state index contributed by atoms with van der Waals surface area (Å²) in [6.07, 6.45) is 3.32. The SMILES string of the molecule is C=CCC(N)C(=O)N1CCCC(C)(C(=O)O)C1. The Labute approximate surface area is 101 Å². The number of carbonyl (C=O) groups is 2. The Bertz CT molecular complexity index is 330. The lowest BCUT2D eigenvalue weighted by Crippen LogP contribution is -2.52. The lowest BCUT2D eigenvalue weighted by Gasteiger charge is -2.38. The van der Waals surface area contributed by atoms with Crippen LogP contribution in [0.4, 0.5) is 0 Å². The van der Waals surface area contributed by atoms with Crippen molar-refractivity contribution < 1.29 is 14.7 Å². The van der Waals surface area contributed by atoms with Crippen molar-refractivity contribution in [2.24, 2.45) is 11.1 Å². The Morgan fingerprint density at radius 3 is 2.82 bits per heavy atom. The summed E-state index contributed by atoms with van der Waals surface area (Å²) in [5.74, 6) is -1.04. The zero-order chi connectivity index (χ0) is 13.1. The number of nitrogens with zero attached hydrogens (tertiary/aromatic N) is 1. The second-order valence-electron chi connectivity index (χ2n) is 4.86. The van der Waals surface area contributed by atoms with E-state index in [1.807, 2.05) is 0 Å². The summed E-state index contributed by atoms with van der Waals surface area (Å²) >= 11 is 0. The Hall–Kier alpha value is -1.36. The monoisotopic (exact) mass is 240 g/mol. The molecule has 96 valence electrons. The molecule has 2 atom stereocenters. The number of hydrogen-bond donors (Lipinski definition) is 2. The molecule has 0 radical (unpaired) electrons. The zero-order valence-corrected chi connectivity index (χ0v) is 10.2. The smallest absolute Gasteiger partial charge is 0.311 e. The van der Waals surface area contributed by atoms with Crippen LogP contribution >= 0.6 is 0 Å². The summed E-state index contributed by atoms with van der Waals surface area (Å²) in [6.45, 7) is 6.05. The van der Waals surface area contributed by atoms with Crippen molar-refractivity contribution in [3.63, 3.8) is 0 Å². The van der Waals surface area contributed by atoms with Gasteiger partial charge in [-0.15, -0.1) is 6.58 Å². The predicted molar refractivity (Wildman–Crippen MR) is 64.3 cm³/mol. The van der Waals surface area contributed by atoms with Crippen LogP contribution in [0.5, 0.6) is 0 Å². The average molecular weight is 240 g/mol. The fraction of sp³-hybridized carbons (Fsp3) is 0.667. The van der Waals surface area contributed by atoms with Crippen molar-refractivity contribution in [1.29, 1.82) is 0 Å². The Morgan fingerprint density at radius 1 is 1.65 bits per heavy atom. The van der Waals surface area contributed by atoms with Gasteiger partial charge >= 0.3 is 5.97 Å². The average Bonchev–Trinajstić information content (AvgIpc) is 2.28. The number of carboxylic acid groups (broad SMARTS) is 1. The van der Waals surface area contributed by atoms with Crippen LogP contribution in [0.15, 0.2) is 12.7 Å². The number of carboxylic acids is 1. The van der Waals surface area contributed by atoms with Gasteiger partial charge in [0.15, 0.2) is 0 Å². The third kappa shape index (κ3) is 3.06. The molecule has 1 heterocycles. The number of aliphatic carboxylic acids is 1. The molecular weight excluding hydrogens is 220 g/mol. The molecule has 3 N–H and O–H groups in total. The third-order valence-corrected chi connectivity index (χ3v) is 3.26. The highest BCUT2D eigenvalue weighted by Gasteiger charge is 2.39. The lowest BCUT2D eigenvalue weighted by atomic mass is 9.82. The van der Waals surface area contributed by atoms with Gasteiger partial charge in [0.2, 0.25) is 5.91 Å². The summed E-state index contributed by atoms with van der Waals surface area (Å²) in [6, 6.07) is -0.608. The van der Waals surface area contributed by atoms with Crippen molar-refractivity contribution in [3.8, 4) is 0 Å². The summed E-state index contributed by atoms with van der Waals surface area (Å²) in [7, 11) is 0. The topological polar surface area (TPSA) is 83.6 Å². The molecule has 1 fully saturated rings. The van der Waals surface area contributed by atoms with Crippen LogP contribution in [0.25, 0.3) is 0 Å². The van der Waals surface area contributed by atoms with Gasteiger partial charge in [-0.1, -0.05) is 6.08 Å². The van der Waals surface area contributed by atoms with Crippen LogP contribution in [-0.2, 0) is 9.59 Å². The van der Waals surface area contributed by atoms with Gasteiger partial charge in [-0.05, 0) is 26.2 Å². The second-order valence-corrected chi connectivity index (χ2v) is 4.86. The molecule has 5 nitrogen and oxygen atoms in total. The number of likely N-dealkylation sites (tertiary alicyclic amines) is 1. The highest BCUT2D eigenvalue weighted by atomic mass is 16.4. The maximum absolute atomic E-state index is 12.0. The van der Waals surface area contributed by atoms with Crippen molar-refractivity contribution in [1.82, 2.24) is 4.90 Å².